The summed E-state index contributed by atoms with van der Waals surface area (Å²) in [5.41, 5.74) is 1.55. The van der Waals surface area contributed by atoms with Gasteiger partial charge in [-0.2, -0.15) is 24.3 Å². The van der Waals surface area contributed by atoms with Gasteiger partial charge < -0.3 is 4.52 Å². The molecule has 1 aliphatic rings. The molecule has 1 unspecified atom stereocenters. The minimum atomic E-state index is -3.29. The first kappa shape index (κ1) is 16.9. The van der Waals surface area contributed by atoms with E-state index >= 15 is 0 Å². The van der Waals surface area contributed by atoms with Crippen LogP contribution in [0.5, 0.6) is 0 Å². The lowest BCUT2D eigenvalue weighted by Crippen LogP contribution is -2.30. The number of hydrogen-bond donors (Lipinski definition) is 0. The maximum absolute atomic E-state index is 11.9. The molecule has 1 fully saturated rings. The van der Waals surface area contributed by atoms with E-state index in [1.54, 1.807) is 6.20 Å². The second-order valence-electron chi connectivity index (χ2n) is 6.22. The van der Waals surface area contributed by atoms with Crippen LogP contribution >= 0.6 is 0 Å². The quantitative estimate of drug-likeness (QED) is 0.663. The van der Waals surface area contributed by atoms with Crippen molar-refractivity contribution in [3.8, 4) is 5.69 Å². The first-order valence-electron chi connectivity index (χ1n) is 8.26. The maximum atomic E-state index is 11.9. The third-order valence-corrected chi connectivity index (χ3v) is 5.56. The molecule has 0 saturated carbocycles. The molecule has 1 aliphatic heterocycles. The number of sulfonamides is 1. The van der Waals surface area contributed by atoms with Crippen LogP contribution in [0.4, 0.5) is 0 Å². The molecule has 0 N–H and O–H groups in total. The Labute approximate surface area is 150 Å². The lowest BCUT2D eigenvalue weighted by atomic mass is 10.2. The predicted octanol–water partition coefficient (Wildman–Crippen LogP) is 1.34. The Bertz CT molecular complexity index is 998. The second-order valence-corrected chi connectivity index (χ2v) is 8.15. The van der Waals surface area contributed by atoms with E-state index in [1.165, 1.54) is 15.4 Å². The van der Waals surface area contributed by atoms with Gasteiger partial charge in [-0.15, -0.1) is 0 Å². The van der Waals surface area contributed by atoms with Crippen LogP contribution in [0.1, 0.15) is 36.3 Å². The molecule has 136 valence electrons. The Hall–Kier alpha value is -2.59. The summed E-state index contributed by atoms with van der Waals surface area (Å²) in [5, 5.41) is 12.6. The van der Waals surface area contributed by atoms with Crippen molar-refractivity contribution in [2.45, 2.75) is 25.3 Å². The number of hydrogen-bond acceptors (Lipinski definition) is 7. The maximum Gasteiger partial charge on any atom is 0.232 e. The summed E-state index contributed by atoms with van der Waals surface area (Å²) in [7, 11) is -3.29. The van der Waals surface area contributed by atoms with Crippen molar-refractivity contribution >= 4 is 10.0 Å². The average Bonchev–Trinajstić information content (AvgIpc) is 3.35. The summed E-state index contributed by atoms with van der Waals surface area (Å²) in [6, 6.07) is 9.22. The number of aromatic nitrogens is 5. The Morgan fingerprint density at radius 1 is 1.27 bits per heavy atom. The van der Waals surface area contributed by atoms with Crippen molar-refractivity contribution in [2.24, 2.45) is 0 Å². The average molecular weight is 374 g/mol. The van der Waals surface area contributed by atoms with Crippen LogP contribution in [0.25, 0.3) is 5.69 Å². The van der Waals surface area contributed by atoms with Crippen molar-refractivity contribution in [1.29, 1.82) is 0 Å². The highest BCUT2D eigenvalue weighted by Crippen LogP contribution is 2.32. The highest BCUT2D eigenvalue weighted by molar-refractivity contribution is 7.88. The van der Waals surface area contributed by atoms with Crippen molar-refractivity contribution in [1.82, 2.24) is 29.4 Å². The largest absolute Gasteiger partial charge is 0.339 e. The topological polar surface area (TPSA) is 107 Å². The smallest absolute Gasteiger partial charge is 0.232 e. The molecule has 3 aromatic rings. The zero-order chi connectivity index (χ0) is 18.1. The molecule has 1 atom stereocenters. The molecule has 1 aromatic carbocycles. The lowest BCUT2D eigenvalue weighted by Gasteiger charge is -2.18. The third kappa shape index (κ3) is 3.37. The van der Waals surface area contributed by atoms with Gasteiger partial charge >= 0.3 is 0 Å². The molecule has 0 bridgehead atoms. The minimum absolute atomic E-state index is 0.339. The van der Waals surface area contributed by atoms with E-state index in [1.807, 2.05) is 30.3 Å². The molecule has 3 heterocycles. The van der Waals surface area contributed by atoms with Crippen LogP contribution in [0.2, 0.25) is 0 Å². The molecule has 0 spiro atoms. The molecule has 4 rings (SSSR count). The van der Waals surface area contributed by atoms with Gasteiger partial charge in [0.05, 0.1) is 36.3 Å². The Morgan fingerprint density at radius 2 is 2.08 bits per heavy atom. The van der Waals surface area contributed by atoms with Gasteiger partial charge in [0, 0.05) is 6.54 Å². The highest BCUT2D eigenvalue weighted by atomic mass is 32.2. The van der Waals surface area contributed by atoms with E-state index in [9.17, 15) is 8.42 Å². The monoisotopic (exact) mass is 374 g/mol. The summed E-state index contributed by atoms with van der Waals surface area (Å²) >= 11 is 0. The Morgan fingerprint density at radius 3 is 2.85 bits per heavy atom. The van der Waals surface area contributed by atoms with Crippen LogP contribution in [0.15, 0.2) is 41.1 Å². The molecule has 0 aliphatic carbocycles. The van der Waals surface area contributed by atoms with Crippen molar-refractivity contribution < 1.29 is 12.9 Å². The minimum Gasteiger partial charge on any atom is -0.339 e. The molecule has 2 aromatic heterocycles. The summed E-state index contributed by atoms with van der Waals surface area (Å²) in [6.07, 6.45) is 4.66. The Balaban J connectivity index is 1.50. The molecule has 0 radical (unpaired) electrons. The summed E-state index contributed by atoms with van der Waals surface area (Å²) in [4.78, 5) is 5.91. The van der Waals surface area contributed by atoms with E-state index in [4.69, 9.17) is 4.52 Å². The first-order chi connectivity index (χ1) is 12.5. The number of nitrogens with zero attached hydrogens (tertiary/aromatic N) is 6. The van der Waals surface area contributed by atoms with E-state index in [0.29, 0.717) is 36.8 Å². The highest BCUT2D eigenvalue weighted by Gasteiger charge is 2.35. The molecule has 9 nitrogen and oxygen atoms in total. The normalized spacial score (nSPS) is 18.4. The van der Waals surface area contributed by atoms with E-state index < -0.39 is 10.0 Å². The lowest BCUT2D eigenvalue weighted by molar-refractivity contribution is 0.347. The molecule has 0 amide bonds. The van der Waals surface area contributed by atoms with Gasteiger partial charge in [-0.05, 0) is 25.0 Å². The zero-order valence-corrected chi connectivity index (χ0v) is 15.0. The van der Waals surface area contributed by atoms with E-state index in [-0.39, 0.29) is 6.04 Å². The fourth-order valence-electron chi connectivity index (χ4n) is 3.09. The SMILES string of the molecule is CS(=O)(=O)N1CCCC1c1noc(Cc2cnn(-c3ccccc3)n2)n1. The molecule has 10 heteroatoms. The second kappa shape index (κ2) is 6.61. The van der Waals surface area contributed by atoms with Crippen molar-refractivity contribution in [3.05, 3.63) is 53.9 Å². The number of para-hydroxylation sites is 1. The van der Waals surface area contributed by atoms with Crippen LogP contribution in [-0.2, 0) is 16.4 Å². The first-order valence-corrected chi connectivity index (χ1v) is 10.1. The number of benzene rings is 1. The molecular formula is C16H18N6O3S. The summed E-state index contributed by atoms with van der Waals surface area (Å²) in [6.45, 7) is 0.485. The van der Waals surface area contributed by atoms with Crippen molar-refractivity contribution in [3.63, 3.8) is 0 Å². The fourth-order valence-corrected chi connectivity index (χ4v) is 4.21. The summed E-state index contributed by atoms with van der Waals surface area (Å²) in [5.74, 6) is 0.791. The van der Waals surface area contributed by atoms with Gasteiger partial charge in [0.2, 0.25) is 15.9 Å². The van der Waals surface area contributed by atoms with E-state index in [0.717, 1.165) is 12.1 Å². The van der Waals surface area contributed by atoms with Gasteiger partial charge in [-0.1, -0.05) is 23.4 Å². The van der Waals surface area contributed by atoms with Gasteiger partial charge in [0.15, 0.2) is 5.82 Å². The number of rotatable bonds is 5. The zero-order valence-electron chi connectivity index (χ0n) is 14.2. The third-order valence-electron chi connectivity index (χ3n) is 4.27. The summed E-state index contributed by atoms with van der Waals surface area (Å²) < 4.78 is 30.5. The Kier molecular flexibility index (Phi) is 4.29. The van der Waals surface area contributed by atoms with E-state index in [2.05, 4.69) is 20.3 Å². The van der Waals surface area contributed by atoms with Gasteiger partial charge in [-0.3, -0.25) is 0 Å². The predicted molar refractivity (Wildman–Crippen MR) is 92.0 cm³/mol. The van der Waals surface area contributed by atoms with Crippen molar-refractivity contribution in [2.75, 3.05) is 12.8 Å². The van der Waals surface area contributed by atoms with Crippen LogP contribution < -0.4 is 0 Å². The molecular weight excluding hydrogens is 356 g/mol. The standard InChI is InChI=1S/C16H18N6O3S/c1-26(23,24)21-9-5-8-14(21)16-18-15(25-20-16)10-12-11-17-22(19-12)13-6-3-2-4-7-13/h2-4,6-7,11,14H,5,8-10H2,1H3. The van der Waals surface area contributed by atoms with Gasteiger partial charge in [-0.25, -0.2) is 8.42 Å². The fraction of sp³-hybridized carbons (Fsp3) is 0.375. The van der Waals surface area contributed by atoms with Crippen LogP contribution in [0.3, 0.4) is 0 Å². The van der Waals surface area contributed by atoms with Crippen LogP contribution in [-0.4, -0.2) is 50.7 Å². The van der Waals surface area contributed by atoms with Gasteiger partial charge in [0.1, 0.15) is 0 Å². The van der Waals surface area contributed by atoms with Gasteiger partial charge in [0.25, 0.3) is 0 Å². The molecule has 1 saturated heterocycles. The molecule has 26 heavy (non-hydrogen) atoms. The van der Waals surface area contributed by atoms with Crippen LogP contribution in [0, 0.1) is 0 Å².